The van der Waals surface area contributed by atoms with Crippen molar-refractivity contribution in [2.75, 3.05) is 24.6 Å². The van der Waals surface area contributed by atoms with Crippen molar-refractivity contribution in [3.05, 3.63) is 18.2 Å². The lowest BCUT2D eigenvalue weighted by Crippen LogP contribution is -2.21. The van der Waals surface area contributed by atoms with Crippen molar-refractivity contribution in [2.45, 2.75) is 30.6 Å². The maximum Gasteiger partial charge on any atom is 0.240 e. The van der Waals surface area contributed by atoms with Crippen LogP contribution in [-0.4, -0.2) is 22.0 Å². The fraction of sp³-hybridized carbons (Fsp3) is 0.600. The molecule has 4 N–H and O–H groups in total. The lowest BCUT2D eigenvalue weighted by Gasteiger charge is -2.18. The van der Waals surface area contributed by atoms with Gasteiger partial charge in [0.25, 0.3) is 0 Å². The Morgan fingerprint density at radius 3 is 2.38 bits per heavy atom. The van der Waals surface area contributed by atoms with Crippen molar-refractivity contribution in [1.29, 1.82) is 0 Å². The third-order valence-corrected chi connectivity index (χ3v) is 6.00. The molecule has 0 amide bonds. The standard InChI is InChI=1S/C15H23N3O2S/c1-17-21(19,20)12-6-7-14(16)15(8-12)18-9-13(10-2-3-10)11-4-5-11/h6-8,10-11,13,17-18H,2-5,9,16H2,1H3. The van der Waals surface area contributed by atoms with E-state index < -0.39 is 10.0 Å². The number of rotatable bonds is 7. The molecule has 21 heavy (non-hydrogen) atoms. The minimum absolute atomic E-state index is 0.246. The van der Waals surface area contributed by atoms with Gasteiger partial charge < -0.3 is 11.1 Å². The van der Waals surface area contributed by atoms with Gasteiger partial charge in [-0.25, -0.2) is 13.1 Å². The van der Waals surface area contributed by atoms with E-state index in [1.807, 2.05) is 0 Å². The zero-order chi connectivity index (χ0) is 15.0. The Balaban J connectivity index is 1.73. The molecule has 0 radical (unpaired) electrons. The lowest BCUT2D eigenvalue weighted by molar-refractivity contribution is 0.428. The van der Waals surface area contributed by atoms with Crippen LogP contribution in [0.1, 0.15) is 25.7 Å². The van der Waals surface area contributed by atoms with Gasteiger partial charge in [-0.2, -0.15) is 0 Å². The summed E-state index contributed by atoms with van der Waals surface area (Å²) in [5.74, 6) is 2.43. The number of benzene rings is 1. The first-order valence-electron chi connectivity index (χ1n) is 7.58. The van der Waals surface area contributed by atoms with E-state index in [1.165, 1.54) is 38.8 Å². The minimum atomic E-state index is -3.43. The first kappa shape index (κ1) is 14.7. The summed E-state index contributed by atoms with van der Waals surface area (Å²) in [7, 11) is -2.02. The Morgan fingerprint density at radius 2 is 1.86 bits per heavy atom. The summed E-state index contributed by atoms with van der Waals surface area (Å²) in [5.41, 5.74) is 7.28. The summed E-state index contributed by atoms with van der Waals surface area (Å²) in [6, 6.07) is 4.81. The van der Waals surface area contributed by atoms with Crippen LogP contribution in [0.2, 0.25) is 0 Å². The van der Waals surface area contributed by atoms with Crippen molar-refractivity contribution in [3.63, 3.8) is 0 Å². The van der Waals surface area contributed by atoms with Crippen molar-refractivity contribution in [2.24, 2.45) is 17.8 Å². The normalized spacial score (nSPS) is 19.0. The van der Waals surface area contributed by atoms with Gasteiger partial charge >= 0.3 is 0 Å². The van der Waals surface area contributed by atoms with Gasteiger partial charge in [-0.05, 0) is 68.7 Å². The van der Waals surface area contributed by atoms with Gasteiger partial charge in [0.15, 0.2) is 0 Å². The molecule has 0 unspecified atom stereocenters. The van der Waals surface area contributed by atoms with E-state index in [1.54, 1.807) is 12.1 Å². The molecule has 0 spiro atoms. The van der Waals surface area contributed by atoms with Crippen LogP contribution in [0, 0.1) is 17.8 Å². The van der Waals surface area contributed by atoms with E-state index in [2.05, 4.69) is 10.0 Å². The number of hydrogen-bond acceptors (Lipinski definition) is 4. The third kappa shape index (κ3) is 3.32. The Labute approximate surface area is 126 Å². The van der Waals surface area contributed by atoms with Crippen LogP contribution in [0.5, 0.6) is 0 Å². The van der Waals surface area contributed by atoms with E-state index >= 15 is 0 Å². The quantitative estimate of drug-likeness (QED) is 0.673. The van der Waals surface area contributed by atoms with Crippen LogP contribution in [0.25, 0.3) is 0 Å². The molecule has 6 heteroatoms. The first-order valence-corrected chi connectivity index (χ1v) is 9.06. The maximum atomic E-state index is 11.9. The number of nitrogens with one attached hydrogen (secondary N) is 2. The molecule has 3 rings (SSSR count). The molecule has 0 atom stereocenters. The predicted octanol–water partition coefficient (Wildman–Crippen LogP) is 2.02. The number of hydrogen-bond donors (Lipinski definition) is 3. The smallest absolute Gasteiger partial charge is 0.240 e. The highest BCUT2D eigenvalue weighted by Gasteiger charge is 2.41. The highest BCUT2D eigenvalue weighted by atomic mass is 32.2. The van der Waals surface area contributed by atoms with E-state index in [-0.39, 0.29) is 4.90 Å². The van der Waals surface area contributed by atoms with Gasteiger partial charge in [0, 0.05) is 6.54 Å². The minimum Gasteiger partial charge on any atom is -0.397 e. The molecule has 2 aliphatic rings. The van der Waals surface area contributed by atoms with Crippen molar-refractivity contribution < 1.29 is 8.42 Å². The fourth-order valence-electron chi connectivity index (χ4n) is 2.97. The molecule has 5 nitrogen and oxygen atoms in total. The van der Waals surface area contributed by atoms with E-state index in [0.29, 0.717) is 11.6 Å². The Bertz CT molecular complexity index is 610. The van der Waals surface area contributed by atoms with Gasteiger partial charge in [-0.15, -0.1) is 0 Å². The van der Waals surface area contributed by atoms with Crippen molar-refractivity contribution >= 4 is 21.4 Å². The van der Waals surface area contributed by atoms with E-state index in [0.717, 1.165) is 24.1 Å². The van der Waals surface area contributed by atoms with Gasteiger partial charge in [0.1, 0.15) is 0 Å². The van der Waals surface area contributed by atoms with Gasteiger partial charge in [0.05, 0.1) is 16.3 Å². The molecule has 0 aliphatic heterocycles. The number of nitrogens with two attached hydrogens (primary N) is 1. The molecule has 0 aromatic heterocycles. The second-order valence-corrected chi connectivity index (χ2v) is 8.06. The number of sulfonamides is 1. The first-order chi connectivity index (χ1) is 10.0. The predicted molar refractivity (Wildman–Crippen MR) is 84.5 cm³/mol. The second-order valence-electron chi connectivity index (χ2n) is 6.18. The van der Waals surface area contributed by atoms with Crippen LogP contribution in [-0.2, 0) is 10.0 Å². The monoisotopic (exact) mass is 309 g/mol. The number of anilines is 2. The molecule has 2 aliphatic carbocycles. The highest BCUT2D eigenvalue weighted by molar-refractivity contribution is 7.89. The van der Waals surface area contributed by atoms with Gasteiger partial charge in [0.2, 0.25) is 10.0 Å². The average molecular weight is 309 g/mol. The highest BCUT2D eigenvalue weighted by Crippen LogP contribution is 2.49. The summed E-state index contributed by atoms with van der Waals surface area (Å²) in [6.45, 7) is 0.891. The molecule has 0 saturated heterocycles. The largest absolute Gasteiger partial charge is 0.397 e. The Hall–Kier alpha value is -1.27. The van der Waals surface area contributed by atoms with Crippen molar-refractivity contribution in [1.82, 2.24) is 4.72 Å². The van der Waals surface area contributed by atoms with E-state index in [9.17, 15) is 8.42 Å². The van der Waals surface area contributed by atoms with Gasteiger partial charge in [-0.3, -0.25) is 0 Å². The van der Waals surface area contributed by atoms with Crippen molar-refractivity contribution in [3.8, 4) is 0 Å². The summed E-state index contributed by atoms with van der Waals surface area (Å²) in [5, 5.41) is 3.38. The molecule has 2 fully saturated rings. The van der Waals surface area contributed by atoms with Crippen LogP contribution < -0.4 is 15.8 Å². The third-order valence-electron chi connectivity index (χ3n) is 4.59. The Kier molecular flexibility index (Phi) is 3.84. The summed E-state index contributed by atoms with van der Waals surface area (Å²) >= 11 is 0. The Morgan fingerprint density at radius 1 is 1.24 bits per heavy atom. The second kappa shape index (κ2) is 5.50. The SMILES string of the molecule is CNS(=O)(=O)c1ccc(N)c(NCC(C2CC2)C2CC2)c1. The molecule has 2 saturated carbocycles. The summed E-state index contributed by atoms with van der Waals surface area (Å²) < 4.78 is 26.0. The van der Waals surface area contributed by atoms with Crippen LogP contribution in [0.15, 0.2) is 23.1 Å². The topological polar surface area (TPSA) is 84.2 Å². The van der Waals surface area contributed by atoms with Crippen LogP contribution in [0.3, 0.4) is 0 Å². The van der Waals surface area contributed by atoms with Gasteiger partial charge in [-0.1, -0.05) is 0 Å². The molecule has 0 heterocycles. The zero-order valence-electron chi connectivity index (χ0n) is 12.3. The summed E-state index contributed by atoms with van der Waals surface area (Å²) in [4.78, 5) is 0.246. The maximum absolute atomic E-state index is 11.9. The van der Waals surface area contributed by atoms with Crippen LogP contribution >= 0.6 is 0 Å². The van der Waals surface area contributed by atoms with E-state index in [4.69, 9.17) is 5.73 Å². The average Bonchev–Trinajstić information content (AvgIpc) is 3.34. The zero-order valence-corrected chi connectivity index (χ0v) is 13.1. The molecular weight excluding hydrogens is 286 g/mol. The molecule has 1 aromatic carbocycles. The molecule has 0 bridgehead atoms. The lowest BCUT2D eigenvalue weighted by atomic mass is 9.98. The van der Waals surface area contributed by atoms with Crippen LogP contribution in [0.4, 0.5) is 11.4 Å². The molecule has 1 aromatic rings. The number of nitrogen functional groups attached to an aromatic ring is 1. The summed E-state index contributed by atoms with van der Waals surface area (Å²) in [6.07, 6.45) is 5.36. The molecular formula is C15H23N3O2S. The fourth-order valence-corrected chi connectivity index (χ4v) is 3.72. The molecule has 116 valence electrons.